The van der Waals surface area contributed by atoms with Crippen LogP contribution in [-0.4, -0.2) is 24.5 Å². The summed E-state index contributed by atoms with van der Waals surface area (Å²) < 4.78 is 15.2. The summed E-state index contributed by atoms with van der Waals surface area (Å²) in [7, 11) is 0. The number of para-hydroxylation sites is 5. The van der Waals surface area contributed by atoms with E-state index in [-0.39, 0.29) is 0 Å². The molecule has 0 atom stereocenters. The third-order valence-electron chi connectivity index (χ3n) is 9.88. The fourth-order valence-corrected chi connectivity index (χ4v) is 7.46. The van der Waals surface area contributed by atoms with E-state index in [1.807, 2.05) is 103 Å². The number of hydrogen-bond acceptors (Lipinski definition) is 6. The Morgan fingerprint density at radius 2 is 1.08 bits per heavy atom. The van der Waals surface area contributed by atoms with E-state index in [4.69, 9.17) is 28.8 Å². The van der Waals surface area contributed by atoms with Crippen LogP contribution in [0, 0.1) is 0 Å². The molecule has 4 aromatic heterocycles. The summed E-state index contributed by atoms with van der Waals surface area (Å²) in [5.74, 6) is 2.49. The second-order valence-corrected chi connectivity index (χ2v) is 13.0. The lowest BCUT2D eigenvalue weighted by Crippen LogP contribution is -2.00. The van der Waals surface area contributed by atoms with Crippen molar-refractivity contribution in [1.29, 1.82) is 0 Å². The Balaban J connectivity index is 1.13. The molecule has 11 rings (SSSR count). The van der Waals surface area contributed by atoms with Crippen LogP contribution in [0.2, 0.25) is 0 Å². The van der Waals surface area contributed by atoms with Crippen LogP contribution < -0.4 is 0 Å². The van der Waals surface area contributed by atoms with Crippen molar-refractivity contribution in [1.82, 2.24) is 24.5 Å². The lowest BCUT2D eigenvalue weighted by Gasteiger charge is -2.10. The summed E-state index contributed by atoms with van der Waals surface area (Å²) in [6.07, 6.45) is 0. The molecule has 0 N–H and O–H groups in total. The van der Waals surface area contributed by atoms with Crippen LogP contribution in [0.4, 0.5) is 0 Å². The molecule has 0 saturated carbocycles. The SMILES string of the molecule is c1ccc(-c2nc(-c3ccc4c(c3)oc3ccccc34)nc(-c3cccc4oc5c(-c6nc7ccccc7n6-c6ccccc6)cccc5c34)n2)cc1. The van der Waals surface area contributed by atoms with E-state index in [1.165, 1.54) is 0 Å². The Bertz CT molecular complexity index is 3180. The number of nitrogens with zero attached hydrogens (tertiary/aromatic N) is 5. The van der Waals surface area contributed by atoms with Crippen molar-refractivity contribution in [2.75, 3.05) is 0 Å². The second kappa shape index (κ2) is 11.6. The monoisotopic (exact) mass is 681 g/mol. The van der Waals surface area contributed by atoms with Gasteiger partial charge >= 0.3 is 0 Å². The van der Waals surface area contributed by atoms with Crippen molar-refractivity contribution in [3.05, 3.63) is 164 Å². The van der Waals surface area contributed by atoms with E-state index >= 15 is 0 Å². The van der Waals surface area contributed by atoms with Crippen LogP contribution in [-0.2, 0) is 0 Å². The van der Waals surface area contributed by atoms with Crippen molar-refractivity contribution in [3.63, 3.8) is 0 Å². The summed E-state index contributed by atoms with van der Waals surface area (Å²) >= 11 is 0. The van der Waals surface area contributed by atoms with E-state index in [1.54, 1.807) is 0 Å². The molecule has 7 heteroatoms. The van der Waals surface area contributed by atoms with Gasteiger partial charge in [-0.15, -0.1) is 0 Å². The maximum atomic E-state index is 6.76. The van der Waals surface area contributed by atoms with Crippen LogP contribution >= 0.6 is 0 Å². The first-order chi connectivity index (χ1) is 26.3. The zero-order valence-corrected chi connectivity index (χ0v) is 28.1. The van der Waals surface area contributed by atoms with Crippen LogP contribution in [0.1, 0.15) is 0 Å². The molecule has 0 amide bonds. The molecule has 0 saturated heterocycles. The standard InChI is InChI=1S/C46H27N5O2/c1-3-13-28(14-4-1)43-48-44(29-25-26-32-31-17-7-10-23-38(31)52-40(32)27-29)50-45(49-43)34-19-12-24-39-41(34)33-18-11-20-35(42(33)53-39)46-47-36-21-8-9-22-37(36)51(46)30-15-5-2-6-16-30/h1-27H. The van der Waals surface area contributed by atoms with Gasteiger partial charge in [0.2, 0.25) is 0 Å². The third kappa shape index (κ3) is 4.68. The van der Waals surface area contributed by atoms with Crippen molar-refractivity contribution < 1.29 is 8.83 Å². The maximum absolute atomic E-state index is 6.76. The first-order valence-electron chi connectivity index (χ1n) is 17.5. The number of aromatic nitrogens is 5. The van der Waals surface area contributed by atoms with Gasteiger partial charge in [-0.1, -0.05) is 109 Å². The van der Waals surface area contributed by atoms with Crippen LogP contribution in [0.3, 0.4) is 0 Å². The molecule has 0 spiro atoms. The minimum atomic E-state index is 0.550. The molecule has 4 heterocycles. The highest BCUT2D eigenvalue weighted by molar-refractivity contribution is 6.15. The summed E-state index contributed by atoms with van der Waals surface area (Å²) in [6, 6.07) is 55.0. The number of rotatable bonds is 5. The van der Waals surface area contributed by atoms with Gasteiger partial charge in [0.05, 0.1) is 16.6 Å². The lowest BCUT2D eigenvalue weighted by atomic mass is 10.0. The predicted molar refractivity (Wildman–Crippen MR) is 211 cm³/mol. The van der Waals surface area contributed by atoms with Gasteiger partial charge in [0.15, 0.2) is 17.5 Å². The fraction of sp³-hybridized carbons (Fsp3) is 0. The topological polar surface area (TPSA) is 82.8 Å². The quantitative estimate of drug-likeness (QED) is 0.180. The zero-order valence-electron chi connectivity index (χ0n) is 28.1. The van der Waals surface area contributed by atoms with Crippen molar-refractivity contribution in [3.8, 4) is 51.2 Å². The molecule has 0 unspecified atom stereocenters. The highest BCUT2D eigenvalue weighted by Gasteiger charge is 2.23. The van der Waals surface area contributed by atoms with E-state index in [9.17, 15) is 0 Å². The highest BCUT2D eigenvalue weighted by atomic mass is 16.3. The van der Waals surface area contributed by atoms with Crippen LogP contribution in [0.25, 0.3) is 106 Å². The zero-order chi connectivity index (χ0) is 34.9. The Morgan fingerprint density at radius 3 is 1.96 bits per heavy atom. The largest absolute Gasteiger partial charge is 0.456 e. The molecule has 0 aliphatic carbocycles. The summed E-state index contributed by atoms with van der Waals surface area (Å²) in [5.41, 5.74) is 9.54. The van der Waals surface area contributed by atoms with Crippen molar-refractivity contribution in [2.45, 2.75) is 0 Å². The first-order valence-corrected chi connectivity index (χ1v) is 17.5. The van der Waals surface area contributed by atoms with Crippen LogP contribution in [0.15, 0.2) is 173 Å². The second-order valence-electron chi connectivity index (χ2n) is 13.0. The molecular weight excluding hydrogens is 655 g/mol. The molecule has 11 aromatic rings. The van der Waals surface area contributed by atoms with Gasteiger partial charge in [-0.2, -0.15) is 0 Å². The molecule has 0 fully saturated rings. The molecule has 0 aliphatic rings. The molecule has 0 radical (unpaired) electrons. The van der Waals surface area contributed by atoms with Gasteiger partial charge in [0.1, 0.15) is 28.2 Å². The Labute approximate surface area is 302 Å². The number of hydrogen-bond donors (Lipinski definition) is 0. The first kappa shape index (κ1) is 29.4. The number of furan rings is 2. The van der Waals surface area contributed by atoms with Gasteiger partial charge < -0.3 is 8.83 Å². The minimum Gasteiger partial charge on any atom is -0.456 e. The normalized spacial score (nSPS) is 11.8. The molecule has 248 valence electrons. The average Bonchev–Trinajstić information content (AvgIpc) is 3.92. The Morgan fingerprint density at radius 1 is 0.415 bits per heavy atom. The average molecular weight is 682 g/mol. The van der Waals surface area contributed by atoms with Crippen LogP contribution in [0.5, 0.6) is 0 Å². The Hall–Kier alpha value is -7.38. The maximum Gasteiger partial charge on any atom is 0.164 e. The molecule has 53 heavy (non-hydrogen) atoms. The number of imidazole rings is 1. The van der Waals surface area contributed by atoms with Gasteiger partial charge in [-0.05, 0) is 54.6 Å². The van der Waals surface area contributed by atoms with Crippen molar-refractivity contribution in [2.24, 2.45) is 0 Å². The van der Waals surface area contributed by atoms with E-state index < -0.39 is 0 Å². The minimum absolute atomic E-state index is 0.550. The predicted octanol–water partition coefficient (Wildman–Crippen LogP) is 11.7. The van der Waals surface area contributed by atoms with Crippen molar-refractivity contribution >= 4 is 54.9 Å². The Kier molecular flexibility index (Phi) is 6.42. The fourth-order valence-electron chi connectivity index (χ4n) is 7.46. The van der Waals surface area contributed by atoms with E-state index in [0.29, 0.717) is 17.5 Å². The molecule has 7 nitrogen and oxygen atoms in total. The third-order valence-corrected chi connectivity index (χ3v) is 9.88. The number of fused-ring (bicyclic) bond motifs is 7. The van der Waals surface area contributed by atoms with Gasteiger partial charge in [0, 0.05) is 43.9 Å². The van der Waals surface area contributed by atoms with Gasteiger partial charge in [-0.3, -0.25) is 4.57 Å². The van der Waals surface area contributed by atoms with Gasteiger partial charge in [-0.25, -0.2) is 19.9 Å². The molecule has 0 aliphatic heterocycles. The summed E-state index contributed by atoms with van der Waals surface area (Å²) in [4.78, 5) is 20.4. The lowest BCUT2D eigenvalue weighted by molar-refractivity contribution is 0.669. The highest BCUT2D eigenvalue weighted by Crippen LogP contribution is 2.41. The van der Waals surface area contributed by atoms with E-state index in [0.717, 1.165) is 88.7 Å². The molecular formula is C46H27N5O2. The number of benzene rings is 7. The molecule has 0 bridgehead atoms. The van der Waals surface area contributed by atoms with E-state index in [2.05, 4.69) is 65.2 Å². The summed E-state index contributed by atoms with van der Waals surface area (Å²) in [5, 5.41) is 4.00. The smallest absolute Gasteiger partial charge is 0.164 e. The van der Waals surface area contributed by atoms with Gasteiger partial charge in [0.25, 0.3) is 0 Å². The molecule has 7 aromatic carbocycles. The summed E-state index contributed by atoms with van der Waals surface area (Å²) in [6.45, 7) is 0.